The van der Waals surface area contributed by atoms with Crippen molar-refractivity contribution >= 4 is 18.3 Å². The van der Waals surface area contributed by atoms with Gasteiger partial charge in [-0.15, -0.1) is 12.4 Å². The summed E-state index contributed by atoms with van der Waals surface area (Å²) in [5.74, 6) is 0.819. The largest absolute Gasteiger partial charge is 0.353 e. The number of amides is 1. The summed E-state index contributed by atoms with van der Waals surface area (Å²) >= 11 is 0. The van der Waals surface area contributed by atoms with Crippen LogP contribution in [0.1, 0.15) is 33.6 Å². The molecule has 0 aliphatic carbocycles. The fourth-order valence-corrected chi connectivity index (χ4v) is 2.04. The van der Waals surface area contributed by atoms with Crippen molar-refractivity contribution in [2.75, 3.05) is 26.7 Å². The van der Waals surface area contributed by atoms with Gasteiger partial charge in [-0.05, 0) is 46.2 Å². The van der Waals surface area contributed by atoms with E-state index < -0.39 is 0 Å². The highest BCUT2D eigenvalue weighted by Gasteiger charge is 2.23. The van der Waals surface area contributed by atoms with Crippen molar-refractivity contribution in [2.45, 2.75) is 45.7 Å². The fraction of sp³-hybridized carbons (Fsp3) is 0.923. The molecule has 1 rings (SSSR count). The lowest BCUT2D eigenvalue weighted by atomic mass is 9.94. The number of carbonyl (C=O) groups is 1. The highest BCUT2D eigenvalue weighted by atomic mass is 35.5. The number of halogens is 1. The molecule has 2 N–H and O–H groups in total. The summed E-state index contributed by atoms with van der Waals surface area (Å²) in [7, 11) is 2.08. The summed E-state index contributed by atoms with van der Waals surface area (Å²) in [6, 6.07) is 0.544. The molecule has 1 aliphatic heterocycles. The van der Waals surface area contributed by atoms with Gasteiger partial charge in [0.05, 0.1) is 6.04 Å². The number of rotatable bonds is 5. The Balaban J connectivity index is 0.00000289. The van der Waals surface area contributed by atoms with Gasteiger partial charge in [-0.3, -0.25) is 4.79 Å². The van der Waals surface area contributed by atoms with Gasteiger partial charge in [0.15, 0.2) is 0 Å². The molecule has 0 radical (unpaired) electrons. The third kappa shape index (κ3) is 6.03. The zero-order valence-corrected chi connectivity index (χ0v) is 12.8. The van der Waals surface area contributed by atoms with Gasteiger partial charge in [0.25, 0.3) is 0 Å². The second kappa shape index (κ2) is 8.73. The van der Waals surface area contributed by atoms with Gasteiger partial charge in [0.1, 0.15) is 0 Å². The predicted molar refractivity (Wildman–Crippen MR) is 78.2 cm³/mol. The van der Waals surface area contributed by atoms with E-state index in [-0.39, 0.29) is 24.4 Å². The number of carbonyl (C=O) groups excluding carboxylic acids is 1. The summed E-state index contributed by atoms with van der Waals surface area (Å²) in [4.78, 5) is 14.1. The fourth-order valence-electron chi connectivity index (χ4n) is 2.04. The zero-order chi connectivity index (χ0) is 12.8. The van der Waals surface area contributed by atoms with E-state index >= 15 is 0 Å². The number of hydrogen-bond acceptors (Lipinski definition) is 3. The molecule has 1 heterocycles. The first-order valence-electron chi connectivity index (χ1n) is 6.72. The van der Waals surface area contributed by atoms with Gasteiger partial charge in [-0.2, -0.15) is 0 Å². The van der Waals surface area contributed by atoms with Crippen LogP contribution in [0.5, 0.6) is 0 Å². The van der Waals surface area contributed by atoms with Gasteiger partial charge in [0, 0.05) is 19.1 Å². The molecule has 5 heteroatoms. The van der Waals surface area contributed by atoms with Gasteiger partial charge in [0.2, 0.25) is 5.91 Å². The maximum absolute atomic E-state index is 11.9. The maximum atomic E-state index is 11.9. The van der Waals surface area contributed by atoms with Crippen LogP contribution in [-0.4, -0.2) is 49.6 Å². The quantitative estimate of drug-likeness (QED) is 0.795. The van der Waals surface area contributed by atoms with Gasteiger partial charge < -0.3 is 15.5 Å². The monoisotopic (exact) mass is 277 g/mol. The van der Waals surface area contributed by atoms with Crippen LogP contribution < -0.4 is 10.6 Å². The number of piperidine rings is 1. The first-order chi connectivity index (χ1) is 8.00. The lowest BCUT2D eigenvalue weighted by Gasteiger charge is -2.28. The molecule has 108 valence electrons. The van der Waals surface area contributed by atoms with Crippen LogP contribution in [0, 0.1) is 5.92 Å². The van der Waals surface area contributed by atoms with Crippen LogP contribution >= 0.6 is 12.4 Å². The van der Waals surface area contributed by atoms with Gasteiger partial charge in [-0.25, -0.2) is 0 Å². The highest BCUT2D eigenvalue weighted by Crippen LogP contribution is 2.14. The average Bonchev–Trinajstić information content (AvgIpc) is 2.28. The molecule has 2 atom stereocenters. The third-order valence-electron chi connectivity index (χ3n) is 3.63. The minimum Gasteiger partial charge on any atom is -0.353 e. The smallest absolute Gasteiger partial charge is 0.237 e. The van der Waals surface area contributed by atoms with E-state index in [4.69, 9.17) is 0 Å². The second-order valence-electron chi connectivity index (χ2n) is 5.50. The van der Waals surface area contributed by atoms with Crippen LogP contribution in [0.2, 0.25) is 0 Å². The van der Waals surface area contributed by atoms with E-state index in [0.29, 0.717) is 12.0 Å². The summed E-state index contributed by atoms with van der Waals surface area (Å²) in [5, 5.41) is 6.30. The van der Waals surface area contributed by atoms with E-state index in [0.717, 1.165) is 26.1 Å². The summed E-state index contributed by atoms with van der Waals surface area (Å²) in [6.07, 6.45) is 2.14. The Hall–Kier alpha value is -0.320. The molecule has 2 unspecified atom stereocenters. The molecule has 1 fully saturated rings. The normalized spacial score (nSPS) is 23.9. The van der Waals surface area contributed by atoms with Crippen LogP contribution in [0.4, 0.5) is 0 Å². The number of likely N-dealkylation sites (N-methyl/N-ethyl adjacent to an activating group) is 1. The SMILES string of the molecule is CC1CCNC(C(=O)NCCN(C)C(C)C)C1.Cl. The molecule has 1 saturated heterocycles. The molecule has 0 spiro atoms. The summed E-state index contributed by atoms with van der Waals surface area (Å²) in [5.41, 5.74) is 0. The van der Waals surface area contributed by atoms with Crippen molar-refractivity contribution in [3.8, 4) is 0 Å². The Kier molecular flexibility index (Phi) is 8.57. The molecule has 0 saturated carbocycles. The number of hydrogen-bond donors (Lipinski definition) is 2. The van der Waals surface area contributed by atoms with Crippen molar-refractivity contribution < 1.29 is 4.79 Å². The number of nitrogens with zero attached hydrogens (tertiary/aromatic N) is 1. The first-order valence-corrected chi connectivity index (χ1v) is 6.72. The van der Waals surface area contributed by atoms with Crippen LogP contribution in [0.3, 0.4) is 0 Å². The third-order valence-corrected chi connectivity index (χ3v) is 3.63. The molecule has 0 aromatic heterocycles. The van der Waals surface area contributed by atoms with Crippen molar-refractivity contribution in [3.05, 3.63) is 0 Å². The van der Waals surface area contributed by atoms with Gasteiger partial charge >= 0.3 is 0 Å². The van der Waals surface area contributed by atoms with Crippen molar-refractivity contribution in [3.63, 3.8) is 0 Å². The average molecular weight is 278 g/mol. The van der Waals surface area contributed by atoms with E-state index in [1.165, 1.54) is 6.42 Å². The van der Waals surface area contributed by atoms with E-state index in [1.807, 2.05) is 0 Å². The van der Waals surface area contributed by atoms with E-state index in [9.17, 15) is 4.79 Å². The standard InChI is InChI=1S/C13H27N3O.ClH/c1-10(2)16(4)8-7-15-13(17)12-9-11(3)5-6-14-12;/h10-12,14H,5-9H2,1-4H3,(H,15,17);1H. The maximum Gasteiger partial charge on any atom is 0.237 e. The molecule has 0 aromatic rings. The molecule has 4 nitrogen and oxygen atoms in total. The molecule has 0 aromatic carbocycles. The Morgan fingerprint density at radius 3 is 2.72 bits per heavy atom. The first kappa shape index (κ1) is 17.7. The second-order valence-corrected chi connectivity index (χ2v) is 5.50. The van der Waals surface area contributed by atoms with E-state index in [2.05, 4.69) is 43.4 Å². The Labute approximate surface area is 117 Å². The van der Waals surface area contributed by atoms with E-state index in [1.54, 1.807) is 0 Å². The van der Waals surface area contributed by atoms with Crippen molar-refractivity contribution in [1.29, 1.82) is 0 Å². The minimum atomic E-state index is 0. The number of nitrogens with one attached hydrogen (secondary N) is 2. The Bertz CT molecular complexity index is 248. The Morgan fingerprint density at radius 2 is 2.17 bits per heavy atom. The Morgan fingerprint density at radius 1 is 1.50 bits per heavy atom. The van der Waals surface area contributed by atoms with Crippen molar-refractivity contribution in [2.24, 2.45) is 5.92 Å². The highest BCUT2D eigenvalue weighted by molar-refractivity contribution is 5.85. The summed E-state index contributed by atoms with van der Waals surface area (Å²) in [6.45, 7) is 9.14. The molecule has 18 heavy (non-hydrogen) atoms. The predicted octanol–water partition coefficient (Wildman–Crippen LogP) is 1.25. The van der Waals surface area contributed by atoms with Crippen molar-refractivity contribution in [1.82, 2.24) is 15.5 Å². The van der Waals surface area contributed by atoms with Crippen LogP contribution in [0.15, 0.2) is 0 Å². The molecular weight excluding hydrogens is 250 g/mol. The summed E-state index contributed by atoms with van der Waals surface area (Å²) < 4.78 is 0. The lowest BCUT2D eigenvalue weighted by molar-refractivity contribution is -0.124. The zero-order valence-electron chi connectivity index (χ0n) is 12.0. The van der Waals surface area contributed by atoms with Crippen LogP contribution in [-0.2, 0) is 4.79 Å². The van der Waals surface area contributed by atoms with Crippen LogP contribution in [0.25, 0.3) is 0 Å². The topological polar surface area (TPSA) is 44.4 Å². The van der Waals surface area contributed by atoms with Gasteiger partial charge in [-0.1, -0.05) is 6.92 Å². The molecule has 1 amide bonds. The molecular formula is C13H28ClN3O. The lowest BCUT2D eigenvalue weighted by Crippen LogP contribution is -2.49. The molecule has 1 aliphatic rings. The molecule has 0 bridgehead atoms. The minimum absolute atomic E-state index is 0.